The molecule has 1 aliphatic heterocycles. The summed E-state index contributed by atoms with van der Waals surface area (Å²) in [5.74, 6) is 1.41. The van der Waals surface area contributed by atoms with Crippen molar-refractivity contribution in [2.24, 2.45) is 5.73 Å². The molecule has 1 aromatic carbocycles. The van der Waals surface area contributed by atoms with Gasteiger partial charge in [0.15, 0.2) is 0 Å². The van der Waals surface area contributed by atoms with Crippen molar-refractivity contribution in [2.75, 3.05) is 6.54 Å². The second kappa shape index (κ2) is 6.50. The Morgan fingerprint density at radius 2 is 2.22 bits per heavy atom. The highest BCUT2D eigenvalue weighted by molar-refractivity contribution is 5.92. The number of aryl methyl sites for hydroxylation is 2. The van der Waals surface area contributed by atoms with Gasteiger partial charge in [-0.2, -0.15) is 5.10 Å². The molecule has 0 spiro atoms. The summed E-state index contributed by atoms with van der Waals surface area (Å²) in [6.45, 7) is 6.68. The van der Waals surface area contributed by atoms with Gasteiger partial charge in [-0.3, -0.25) is 9.69 Å². The topological polar surface area (TPSA) is 77.0 Å². The summed E-state index contributed by atoms with van der Waals surface area (Å²) >= 11 is 0. The third-order valence-electron chi connectivity index (χ3n) is 4.44. The van der Waals surface area contributed by atoms with E-state index in [-0.39, 0.29) is 5.91 Å². The summed E-state index contributed by atoms with van der Waals surface area (Å²) in [5, 5.41) is 4.47. The van der Waals surface area contributed by atoms with E-state index in [1.165, 1.54) is 6.42 Å². The highest BCUT2D eigenvalue weighted by Crippen LogP contribution is 2.22. The Kier molecular flexibility index (Phi) is 4.43. The molecule has 2 N–H and O–H groups in total. The smallest absolute Gasteiger partial charge is 0.248 e. The number of amides is 1. The first kappa shape index (κ1) is 15.7. The molecule has 1 aliphatic rings. The fourth-order valence-corrected chi connectivity index (χ4v) is 3.30. The number of carbonyl (C=O) groups excluding carboxylic acids is 1. The Morgan fingerprint density at radius 3 is 2.91 bits per heavy atom. The second-order valence-electron chi connectivity index (χ2n) is 6.22. The van der Waals surface area contributed by atoms with E-state index in [0.717, 1.165) is 43.3 Å². The van der Waals surface area contributed by atoms with E-state index in [1.54, 1.807) is 6.07 Å². The molecule has 1 atom stereocenters. The lowest BCUT2D eigenvalue weighted by Gasteiger charge is -2.24. The van der Waals surface area contributed by atoms with Crippen LogP contribution < -0.4 is 5.73 Å². The van der Waals surface area contributed by atoms with Crippen molar-refractivity contribution in [1.82, 2.24) is 19.7 Å². The van der Waals surface area contributed by atoms with Gasteiger partial charge in [-0.25, -0.2) is 9.67 Å². The first-order valence-corrected chi connectivity index (χ1v) is 8.04. The van der Waals surface area contributed by atoms with Crippen LogP contribution in [0.2, 0.25) is 0 Å². The molecule has 0 aliphatic carbocycles. The minimum atomic E-state index is -0.376. The van der Waals surface area contributed by atoms with Gasteiger partial charge < -0.3 is 5.73 Å². The molecule has 0 radical (unpaired) electrons. The number of aromatic nitrogens is 3. The van der Waals surface area contributed by atoms with Crippen LogP contribution >= 0.6 is 0 Å². The maximum Gasteiger partial charge on any atom is 0.248 e. The van der Waals surface area contributed by atoms with E-state index in [2.05, 4.69) is 15.0 Å². The molecule has 6 nitrogen and oxygen atoms in total. The Hall–Kier alpha value is -2.21. The molecule has 3 rings (SSSR count). The van der Waals surface area contributed by atoms with Crippen LogP contribution in [0.15, 0.2) is 24.3 Å². The maximum atomic E-state index is 11.3. The third kappa shape index (κ3) is 3.59. The van der Waals surface area contributed by atoms with Crippen LogP contribution in [0.1, 0.15) is 40.4 Å². The monoisotopic (exact) mass is 313 g/mol. The molecule has 0 bridgehead atoms. The van der Waals surface area contributed by atoms with E-state index in [4.69, 9.17) is 5.73 Å². The number of carbonyl (C=O) groups is 1. The Morgan fingerprint density at radius 1 is 1.39 bits per heavy atom. The van der Waals surface area contributed by atoms with Crippen molar-refractivity contribution in [3.63, 3.8) is 0 Å². The summed E-state index contributed by atoms with van der Waals surface area (Å²) in [7, 11) is 0. The Bertz CT molecular complexity index is 709. The van der Waals surface area contributed by atoms with E-state index in [0.29, 0.717) is 11.6 Å². The first-order valence-electron chi connectivity index (χ1n) is 8.04. The lowest BCUT2D eigenvalue weighted by atomic mass is 10.1. The van der Waals surface area contributed by atoms with Crippen molar-refractivity contribution >= 4 is 5.91 Å². The number of likely N-dealkylation sites (tertiary alicyclic amines) is 1. The molecule has 1 aromatic heterocycles. The molecule has 1 fully saturated rings. The van der Waals surface area contributed by atoms with Gasteiger partial charge in [-0.1, -0.05) is 12.1 Å². The van der Waals surface area contributed by atoms with Gasteiger partial charge in [0.25, 0.3) is 0 Å². The summed E-state index contributed by atoms with van der Waals surface area (Å²) in [6, 6.07) is 8.04. The molecule has 122 valence electrons. The Balaban J connectivity index is 1.70. The van der Waals surface area contributed by atoms with Crippen molar-refractivity contribution < 1.29 is 4.79 Å². The zero-order chi connectivity index (χ0) is 16.4. The highest BCUT2D eigenvalue weighted by Gasteiger charge is 2.25. The number of rotatable bonds is 5. The van der Waals surface area contributed by atoms with Crippen LogP contribution in [0.3, 0.4) is 0 Å². The van der Waals surface area contributed by atoms with Crippen LogP contribution in [0.4, 0.5) is 0 Å². The lowest BCUT2D eigenvalue weighted by Crippen LogP contribution is -2.33. The van der Waals surface area contributed by atoms with Crippen molar-refractivity contribution in [3.05, 3.63) is 47.0 Å². The number of hydrogen-bond acceptors (Lipinski definition) is 4. The minimum absolute atomic E-state index is 0.376. The predicted molar refractivity (Wildman–Crippen MR) is 87.9 cm³/mol. The zero-order valence-electron chi connectivity index (χ0n) is 13.7. The van der Waals surface area contributed by atoms with Gasteiger partial charge in [0.1, 0.15) is 11.6 Å². The summed E-state index contributed by atoms with van der Waals surface area (Å²) in [5.41, 5.74) is 7.06. The van der Waals surface area contributed by atoms with Crippen LogP contribution in [0.5, 0.6) is 0 Å². The summed E-state index contributed by atoms with van der Waals surface area (Å²) in [4.78, 5) is 18.2. The number of hydrogen-bond donors (Lipinski definition) is 1. The van der Waals surface area contributed by atoms with Gasteiger partial charge in [0, 0.05) is 18.2 Å². The molecule has 1 saturated heterocycles. The quantitative estimate of drug-likeness (QED) is 0.910. The maximum absolute atomic E-state index is 11.3. The SMILES string of the molecule is Cc1nc(C)n(C[C@@H]2CCCN2Cc2cccc(C(N)=O)c2)n1. The van der Waals surface area contributed by atoms with Gasteiger partial charge in [0.2, 0.25) is 5.91 Å². The fourth-order valence-electron chi connectivity index (χ4n) is 3.30. The largest absolute Gasteiger partial charge is 0.366 e. The number of nitrogens with two attached hydrogens (primary N) is 1. The second-order valence-corrected chi connectivity index (χ2v) is 6.22. The average Bonchev–Trinajstić information content (AvgIpc) is 3.06. The van der Waals surface area contributed by atoms with E-state index in [1.807, 2.05) is 36.7 Å². The fraction of sp³-hybridized carbons (Fsp3) is 0.471. The molecule has 0 saturated carbocycles. The first-order chi connectivity index (χ1) is 11.0. The lowest BCUT2D eigenvalue weighted by molar-refractivity contribution is 0.1000. The minimum Gasteiger partial charge on any atom is -0.366 e. The van der Waals surface area contributed by atoms with Crippen molar-refractivity contribution in [1.29, 1.82) is 0 Å². The molecular weight excluding hydrogens is 290 g/mol. The standard InChI is InChI=1S/C17H23N5O/c1-12-19-13(2)22(20-12)11-16-7-4-8-21(16)10-14-5-3-6-15(9-14)17(18)23/h3,5-6,9,16H,4,7-8,10-11H2,1-2H3,(H2,18,23)/t16-/m0/s1. The van der Waals surface area contributed by atoms with Gasteiger partial charge in [0.05, 0.1) is 6.54 Å². The third-order valence-corrected chi connectivity index (χ3v) is 4.44. The molecule has 0 unspecified atom stereocenters. The van der Waals surface area contributed by atoms with E-state index in [9.17, 15) is 4.79 Å². The molecule has 2 aromatic rings. The van der Waals surface area contributed by atoms with E-state index < -0.39 is 0 Å². The van der Waals surface area contributed by atoms with Crippen LogP contribution in [-0.2, 0) is 13.1 Å². The number of nitrogens with zero attached hydrogens (tertiary/aromatic N) is 4. The van der Waals surface area contributed by atoms with Crippen LogP contribution in [0, 0.1) is 13.8 Å². The molecule has 6 heteroatoms. The van der Waals surface area contributed by atoms with Crippen LogP contribution in [0.25, 0.3) is 0 Å². The van der Waals surface area contributed by atoms with Gasteiger partial charge >= 0.3 is 0 Å². The number of benzene rings is 1. The summed E-state index contributed by atoms with van der Waals surface area (Å²) < 4.78 is 2.00. The molecular formula is C17H23N5O. The van der Waals surface area contributed by atoms with Crippen LogP contribution in [-0.4, -0.2) is 38.2 Å². The predicted octanol–water partition coefficient (Wildman–Crippen LogP) is 1.66. The highest BCUT2D eigenvalue weighted by atomic mass is 16.1. The molecule has 23 heavy (non-hydrogen) atoms. The molecule has 2 heterocycles. The van der Waals surface area contributed by atoms with Crippen molar-refractivity contribution in [2.45, 2.75) is 45.8 Å². The average molecular weight is 313 g/mol. The number of primary amides is 1. The zero-order valence-corrected chi connectivity index (χ0v) is 13.7. The Labute approximate surface area is 136 Å². The van der Waals surface area contributed by atoms with Gasteiger partial charge in [-0.05, 0) is 50.9 Å². The van der Waals surface area contributed by atoms with E-state index >= 15 is 0 Å². The molecule has 1 amide bonds. The van der Waals surface area contributed by atoms with Gasteiger partial charge in [-0.15, -0.1) is 0 Å². The summed E-state index contributed by atoms with van der Waals surface area (Å²) in [6.07, 6.45) is 2.35. The van der Waals surface area contributed by atoms with Crippen molar-refractivity contribution in [3.8, 4) is 0 Å². The normalized spacial score (nSPS) is 18.4.